The van der Waals surface area contributed by atoms with E-state index in [1.165, 1.54) is 10.4 Å². The normalized spacial score (nSPS) is 20.8. The van der Waals surface area contributed by atoms with Crippen LogP contribution in [-0.4, -0.2) is 51.7 Å². The van der Waals surface area contributed by atoms with Crippen LogP contribution in [0.4, 0.5) is 0 Å². The molecule has 1 fully saturated rings. The Morgan fingerprint density at radius 1 is 1.38 bits per heavy atom. The number of piperidine rings is 1. The highest BCUT2D eigenvalue weighted by molar-refractivity contribution is 7.89. The summed E-state index contributed by atoms with van der Waals surface area (Å²) in [4.78, 5) is 0.0821. The third-order valence-corrected chi connectivity index (χ3v) is 6.32. The molecule has 136 valence electrons. The van der Waals surface area contributed by atoms with Gasteiger partial charge in [-0.25, -0.2) is 8.42 Å². The molecule has 0 aliphatic carbocycles. The first kappa shape index (κ1) is 19.5. The summed E-state index contributed by atoms with van der Waals surface area (Å²) in [7, 11) is -2.18. The average molecular weight is 377 g/mol. The first-order valence-corrected chi connectivity index (χ1v) is 9.88. The molecule has 1 aliphatic rings. The zero-order valence-corrected chi connectivity index (χ0v) is 15.6. The molecule has 1 heterocycles. The fraction of sp³-hybridized carbons (Fsp3) is 0.625. The van der Waals surface area contributed by atoms with Crippen molar-refractivity contribution in [2.24, 2.45) is 5.73 Å². The lowest BCUT2D eigenvalue weighted by atomic mass is 10.00. The number of hydrogen-bond donors (Lipinski definition) is 1. The van der Waals surface area contributed by atoms with Crippen molar-refractivity contribution in [3.63, 3.8) is 0 Å². The van der Waals surface area contributed by atoms with Crippen LogP contribution in [0, 0.1) is 0 Å². The van der Waals surface area contributed by atoms with Crippen molar-refractivity contribution in [3.05, 3.63) is 23.2 Å². The molecule has 6 nitrogen and oxygen atoms in total. The SMILES string of the molecule is COCCOc1ccc(Cl)cc1S(=O)(=O)N1CCCC[C@H]1[C@H](C)N. The van der Waals surface area contributed by atoms with Crippen molar-refractivity contribution in [2.45, 2.75) is 43.2 Å². The molecule has 8 heteroatoms. The topological polar surface area (TPSA) is 81.9 Å². The van der Waals surface area contributed by atoms with Crippen molar-refractivity contribution in [2.75, 3.05) is 26.9 Å². The molecule has 0 radical (unpaired) electrons. The van der Waals surface area contributed by atoms with Gasteiger partial charge in [-0.2, -0.15) is 4.31 Å². The van der Waals surface area contributed by atoms with E-state index in [1.54, 1.807) is 19.2 Å². The minimum absolute atomic E-state index is 0.0821. The molecule has 0 unspecified atom stereocenters. The number of methoxy groups -OCH3 is 1. The molecule has 0 bridgehead atoms. The maximum absolute atomic E-state index is 13.2. The largest absolute Gasteiger partial charge is 0.490 e. The average Bonchev–Trinajstić information content (AvgIpc) is 2.56. The Labute approximate surface area is 148 Å². The Morgan fingerprint density at radius 2 is 2.12 bits per heavy atom. The molecule has 0 amide bonds. The minimum Gasteiger partial charge on any atom is -0.490 e. The van der Waals surface area contributed by atoms with E-state index in [0.29, 0.717) is 18.2 Å². The molecule has 0 aromatic heterocycles. The predicted octanol–water partition coefficient (Wildman–Crippen LogP) is 2.26. The van der Waals surface area contributed by atoms with Gasteiger partial charge >= 0.3 is 0 Å². The maximum Gasteiger partial charge on any atom is 0.247 e. The predicted molar refractivity (Wildman–Crippen MR) is 94.0 cm³/mol. The Morgan fingerprint density at radius 3 is 2.79 bits per heavy atom. The van der Waals surface area contributed by atoms with Crippen LogP contribution in [-0.2, 0) is 14.8 Å². The lowest BCUT2D eigenvalue weighted by Gasteiger charge is -2.37. The summed E-state index contributed by atoms with van der Waals surface area (Å²) in [6.07, 6.45) is 2.56. The van der Waals surface area contributed by atoms with Crippen molar-refractivity contribution in [1.29, 1.82) is 0 Å². The van der Waals surface area contributed by atoms with E-state index < -0.39 is 10.0 Å². The summed E-state index contributed by atoms with van der Waals surface area (Å²) in [5.41, 5.74) is 6.02. The summed E-state index contributed by atoms with van der Waals surface area (Å²) < 4.78 is 38.4. The van der Waals surface area contributed by atoms with Crippen LogP contribution in [0.25, 0.3) is 0 Å². The Balaban J connectivity index is 2.38. The molecule has 1 aromatic rings. The number of rotatable bonds is 7. The van der Waals surface area contributed by atoms with Gasteiger partial charge in [-0.1, -0.05) is 18.0 Å². The Hall–Kier alpha value is -0.860. The number of benzene rings is 1. The van der Waals surface area contributed by atoms with E-state index in [0.717, 1.165) is 19.3 Å². The van der Waals surface area contributed by atoms with E-state index in [4.69, 9.17) is 26.8 Å². The summed E-state index contributed by atoms with van der Waals surface area (Å²) in [5, 5.41) is 0.349. The van der Waals surface area contributed by atoms with Crippen molar-refractivity contribution in [3.8, 4) is 5.75 Å². The van der Waals surface area contributed by atoms with Crippen LogP contribution in [0.2, 0.25) is 5.02 Å². The zero-order chi connectivity index (χ0) is 17.7. The van der Waals surface area contributed by atoms with Crippen molar-refractivity contribution in [1.82, 2.24) is 4.31 Å². The maximum atomic E-state index is 13.2. The Bertz CT molecular complexity index is 651. The summed E-state index contributed by atoms with van der Waals surface area (Å²) in [6, 6.07) is 4.18. The monoisotopic (exact) mass is 376 g/mol. The highest BCUT2D eigenvalue weighted by Crippen LogP contribution is 2.33. The molecule has 24 heavy (non-hydrogen) atoms. The summed E-state index contributed by atoms with van der Waals surface area (Å²) in [6.45, 7) is 2.93. The van der Waals surface area contributed by atoms with Gasteiger partial charge in [0.25, 0.3) is 0 Å². The fourth-order valence-corrected chi connectivity index (χ4v) is 5.09. The molecule has 2 N–H and O–H groups in total. The summed E-state index contributed by atoms with van der Waals surface area (Å²) in [5.74, 6) is 0.283. The van der Waals surface area contributed by atoms with Crippen LogP contribution in [0.1, 0.15) is 26.2 Å². The van der Waals surface area contributed by atoms with Gasteiger partial charge in [-0.05, 0) is 38.0 Å². The lowest BCUT2D eigenvalue weighted by molar-refractivity contribution is 0.144. The minimum atomic E-state index is -3.74. The van der Waals surface area contributed by atoms with E-state index in [2.05, 4.69) is 0 Å². The molecular weight excluding hydrogens is 352 g/mol. The quantitative estimate of drug-likeness (QED) is 0.738. The first-order chi connectivity index (χ1) is 11.4. The summed E-state index contributed by atoms with van der Waals surface area (Å²) >= 11 is 6.03. The molecule has 1 aliphatic heterocycles. The van der Waals surface area contributed by atoms with Crippen LogP contribution in [0.3, 0.4) is 0 Å². The third kappa shape index (κ3) is 4.40. The van der Waals surface area contributed by atoms with Crippen LogP contribution < -0.4 is 10.5 Å². The molecule has 2 atom stereocenters. The second kappa shape index (κ2) is 8.49. The molecule has 1 aromatic carbocycles. The molecule has 0 spiro atoms. The highest BCUT2D eigenvalue weighted by atomic mass is 35.5. The van der Waals surface area contributed by atoms with Gasteiger partial charge in [-0.3, -0.25) is 0 Å². The van der Waals surface area contributed by atoms with Gasteiger partial charge in [-0.15, -0.1) is 0 Å². The molecule has 0 saturated carbocycles. The number of nitrogens with two attached hydrogens (primary N) is 1. The zero-order valence-electron chi connectivity index (χ0n) is 14.1. The van der Waals surface area contributed by atoms with Gasteiger partial charge in [0.2, 0.25) is 10.0 Å². The highest BCUT2D eigenvalue weighted by Gasteiger charge is 2.37. The standard InChI is InChI=1S/C16H25ClN2O4S/c1-12(18)14-5-3-4-8-19(14)24(20,21)16-11-13(17)6-7-15(16)23-10-9-22-2/h6-7,11-12,14H,3-5,8-10,18H2,1-2H3/t12-,14-/m0/s1. The smallest absolute Gasteiger partial charge is 0.247 e. The van der Waals surface area contributed by atoms with Gasteiger partial charge in [0.05, 0.1) is 6.61 Å². The van der Waals surface area contributed by atoms with Gasteiger partial charge in [0.1, 0.15) is 17.3 Å². The number of nitrogens with zero attached hydrogens (tertiary/aromatic N) is 1. The van der Waals surface area contributed by atoms with Crippen LogP contribution in [0.5, 0.6) is 5.75 Å². The van der Waals surface area contributed by atoms with Crippen LogP contribution >= 0.6 is 11.6 Å². The number of hydrogen-bond acceptors (Lipinski definition) is 5. The Kier molecular flexibility index (Phi) is 6.88. The van der Waals surface area contributed by atoms with E-state index in [9.17, 15) is 8.42 Å². The second-order valence-electron chi connectivity index (χ2n) is 5.97. The number of halogens is 1. The van der Waals surface area contributed by atoms with E-state index in [-0.39, 0.29) is 29.3 Å². The van der Waals surface area contributed by atoms with Gasteiger partial charge in [0.15, 0.2) is 0 Å². The molecule has 1 saturated heterocycles. The number of sulfonamides is 1. The van der Waals surface area contributed by atoms with E-state index >= 15 is 0 Å². The van der Waals surface area contributed by atoms with Crippen molar-refractivity contribution < 1.29 is 17.9 Å². The van der Waals surface area contributed by atoms with E-state index in [1.807, 2.05) is 6.92 Å². The third-order valence-electron chi connectivity index (χ3n) is 4.14. The van der Waals surface area contributed by atoms with Crippen LogP contribution in [0.15, 0.2) is 23.1 Å². The first-order valence-electron chi connectivity index (χ1n) is 8.06. The lowest BCUT2D eigenvalue weighted by Crippen LogP contribution is -2.51. The fourth-order valence-electron chi connectivity index (χ4n) is 2.92. The number of ether oxygens (including phenoxy) is 2. The molecular formula is C16H25ClN2O4S. The van der Waals surface area contributed by atoms with Crippen molar-refractivity contribution >= 4 is 21.6 Å². The second-order valence-corrected chi connectivity index (χ2v) is 8.27. The van der Waals surface area contributed by atoms with Gasteiger partial charge < -0.3 is 15.2 Å². The van der Waals surface area contributed by atoms with Gasteiger partial charge in [0, 0.05) is 30.8 Å². The molecule has 2 rings (SSSR count).